The summed E-state index contributed by atoms with van der Waals surface area (Å²) in [6.07, 6.45) is 0. The van der Waals surface area contributed by atoms with E-state index in [9.17, 15) is 4.79 Å². The van der Waals surface area contributed by atoms with Crippen molar-refractivity contribution in [2.75, 3.05) is 48.7 Å². The van der Waals surface area contributed by atoms with Gasteiger partial charge in [-0.2, -0.15) is 0 Å². The van der Waals surface area contributed by atoms with Gasteiger partial charge in [-0.05, 0) is 18.7 Å². The number of rotatable bonds is 5. The topological polar surface area (TPSA) is 35.6 Å². The minimum absolute atomic E-state index is 0.0737. The van der Waals surface area contributed by atoms with E-state index in [-0.39, 0.29) is 10.7 Å². The summed E-state index contributed by atoms with van der Waals surface area (Å²) in [4.78, 5) is 17.1. The van der Waals surface area contributed by atoms with E-state index in [1.165, 1.54) is 0 Å². The van der Waals surface area contributed by atoms with Gasteiger partial charge in [0.25, 0.3) is 0 Å². The number of nitrogens with one attached hydrogen (secondary N) is 1. The molecule has 0 saturated carbocycles. The lowest BCUT2D eigenvalue weighted by molar-refractivity contribution is -0.113. The first kappa shape index (κ1) is 18.1. The Balaban J connectivity index is 1.99. The van der Waals surface area contributed by atoms with E-state index in [1.807, 2.05) is 18.2 Å². The largest absolute Gasteiger partial charge is 0.367 e. The minimum Gasteiger partial charge on any atom is -0.367 e. The molecule has 0 radical (unpaired) electrons. The number of carbonyl (C=O) groups excluding carboxylic acids is 1. The summed E-state index contributed by atoms with van der Waals surface area (Å²) >= 11 is 1.67. The monoisotopic (exact) mass is 335 g/mol. The Morgan fingerprint density at radius 3 is 2.43 bits per heavy atom. The van der Waals surface area contributed by atoms with E-state index in [0.717, 1.165) is 44.1 Å². The third-order valence-corrected chi connectivity index (χ3v) is 5.25. The van der Waals surface area contributed by atoms with Gasteiger partial charge in [0.2, 0.25) is 5.91 Å². The smallest absolute Gasteiger partial charge is 0.234 e. The molecule has 0 aliphatic carbocycles. The maximum atomic E-state index is 12.2. The standard InChI is InChI=1S/C18H29N3OS/c1-5-20-10-12-21(13-11-20)16-9-7-6-8-15(16)19-17(22)14-23-18(2,3)4/h6-9H,5,10-14H2,1-4H3,(H,19,22). The molecule has 1 N–H and O–H groups in total. The molecule has 128 valence electrons. The molecule has 0 bridgehead atoms. The number of anilines is 2. The molecule has 1 saturated heterocycles. The molecule has 0 aromatic heterocycles. The number of likely N-dealkylation sites (N-methyl/N-ethyl adjacent to an activating group) is 1. The van der Waals surface area contributed by atoms with Crippen LogP contribution in [0.5, 0.6) is 0 Å². The van der Waals surface area contributed by atoms with E-state index >= 15 is 0 Å². The van der Waals surface area contributed by atoms with Crippen LogP contribution in [0.1, 0.15) is 27.7 Å². The van der Waals surface area contributed by atoms with Crippen molar-refractivity contribution in [3.8, 4) is 0 Å². The average Bonchev–Trinajstić information content (AvgIpc) is 2.53. The summed E-state index contributed by atoms with van der Waals surface area (Å²) in [7, 11) is 0. The van der Waals surface area contributed by atoms with Gasteiger partial charge in [0.05, 0.1) is 17.1 Å². The zero-order valence-corrected chi connectivity index (χ0v) is 15.6. The molecule has 4 nitrogen and oxygen atoms in total. The molecule has 1 aromatic carbocycles. The average molecular weight is 336 g/mol. The number of benzene rings is 1. The van der Waals surface area contributed by atoms with Gasteiger partial charge in [0.15, 0.2) is 0 Å². The van der Waals surface area contributed by atoms with Crippen LogP contribution in [0.25, 0.3) is 0 Å². The number of hydrogen-bond acceptors (Lipinski definition) is 4. The van der Waals surface area contributed by atoms with Crippen LogP contribution in [0.4, 0.5) is 11.4 Å². The maximum absolute atomic E-state index is 12.2. The number of nitrogens with zero attached hydrogens (tertiary/aromatic N) is 2. The van der Waals surface area contributed by atoms with Crippen molar-refractivity contribution in [3.05, 3.63) is 24.3 Å². The van der Waals surface area contributed by atoms with Gasteiger partial charge in [0, 0.05) is 30.9 Å². The van der Waals surface area contributed by atoms with Crippen LogP contribution in [-0.4, -0.2) is 54.0 Å². The number of para-hydroxylation sites is 2. The lowest BCUT2D eigenvalue weighted by Gasteiger charge is -2.36. The first-order valence-corrected chi connectivity index (χ1v) is 9.38. The van der Waals surface area contributed by atoms with E-state index in [2.05, 4.69) is 48.9 Å². The van der Waals surface area contributed by atoms with Crippen LogP contribution >= 0.6 is 11.8 Å². The summed E-state index contributed by atoms with van der Waals surface area (Å²) < 4.78 is 0.105. The zero-order chi connectivity index (χ0) is 16.9. The van der Waals surface area contributed by atoms with Crippen molar-refractivity contribution in [1.29, 1.82) is 0 Å². The zero-order valence-electron chi connectivity index (χ0n) is 14.8. The second-order valence-electron chi connectivity index (χ2n) is 6.89. The molecule has 0 atom stereocenters. The fraction of sp³-hybridized carbons (Fsp3) is 0.611. The molecule has 1 aliphatic rings. The number of hydrogen-bond donors (Lipinski definition) is 1. The molecule has 1 heterocycles. The van der Waals surface area contributed by atoms with Gasteiger partial charge in [0.1, 0.15) is 0 Å². The lowest BCUT2D eigenvalue weighted by atomic mass is 10.2. The van der Waals surface area contributed by atoms with Crippen molar-refractivity contribution in [2.45, 2.75) is 32.4 Å². The third kappa shape index (κ3) is 5.74. The van der Waals surface area contributed by atoms with Crippen molar-refractivity contribution in [3.63, 3.8) is 0 Å². The van der Waals surface area contributed by atoms with Gasteiger partial charge >= 0.3 is 0 Å². The van der Waals surface area contributed by atoms with Gasteiger partial charge in [-0.3, -0.25) is 4.79 Å². The highest BCUT2D eigenvalue weighted by Gasteiger charge is 2.19. The molecule has 1 fully saturated rings. The summed E-state index contributed by atoms with van der Waals surface area (Å²) in [5, 5.41) is 3.09. The van der Waals surface area contributed by atoms with E-state index in [1.54, 1.807) is 11.8 Å². The third-order valence-electron chi connectivity index (χ3n) is 3.97. The van der Waals surface area contributed by atoms with Gasteiger partial charge < -0.3 is 15.1 Å². The van der Waals surface area contributed by atoms with Crippen LogP contribution in [-0.2, 0) is 4.79 Å². The summed E-state index contributed by atoms with van der Waals surface area (Å²) in [5.41, 5.74) is 2.06. The molecule has 1 aromatic rings. The van der Waals surface area contributed by atoms with Crippen LogP contribution in [0.3, 0.4) is 0 Å². The molecule has 1 aliphatic heterocycles. The quantitative estimate of drug-likeness (QED) is 0.895. The normalized spacial score (nSPS) is 16.4. The Hall–Kier alpha value is -1.20. The van der Waals surface area contributed by atoms with Crippen LogP contribution in [0.15, 0.2) is 24.3 Å². The predicted octanol–water partition coefficient (Wildman–Crippen LogP) is 3.30. The highest BCUT2D eigenvalue weighted by molar-refractivity contribution is 8.01. The SMILES string of the molecule is CCN1CCN(c2ccccc2NC(=O)CSC(C)(C)C)CC1. The van der Waals surface area contributed by atoms with Crippen molar-refractivity contribution < 1.29 is 4.79 Å². The van der Waals surface area contributed by atoms with Crippen LogP contribution < -0.4 is 10.2 Å². The van der Waals surface area contributed by atoms with Gasteiger partial charge in [-0.25, -0.2) is 0 Å². The first-order chi connectivity index (χ1) is 10.9. The number of carbonyl (C=O) groups is 1. The second kappa shape index (κ2) is 8.06. The number of piperazine rings is 1. The molecule has 0 spiro atoms. The Labute approximate surface area is 144 Å². The van der Waals surface area contributed by atoms with E-state index in [0.29, 0.717) is 5.75 Å². The van der Waals surface area contributed by atoms with Gasteiger partial charge in [-0.15, -0.1) is 11.8 Å². The van der Waals surface area contributed by atoms with Gasteiger partial charge in [-0.1, -0.05) is 39.8 Å². The molecule has 23 heavy (non-hydrogen) atoms. The summed E-state index contributed by atoms with van der Waals surface area (Å²) in [6, 6.07) is 8.13. The fourth-order valence-corrected chi connectivity index (χ4v) is 3.26. The van der Waals surface area contributed by atoms with E-state index in [4.69, 9.17) is 0 Å². The molecule has 5 heteroatoms. The summed E-state index contributed by atoms with van der Waals surface area (Å²) in [5.74, 6) is 0.561. The van der Waals surface area contributed by atoms with E-state index < -0.39 is 0 Å². The maximum Gasteiger partial charge on any atom is 0.234 e. The molecular weight excluding hydrogens is 306 g/mol. The molecule has 0 unspecified atom stereocenters. The Morgan fingerprint density at radius 1 is 1.17 bits per heavy atom. The first-order valence-electron chi connectivity index (χ1n) is 8.39. The minimum atomic E-state index is 0.0737. The lowest BCUT2D eigenvalue weighted by Crippen LogP contribution is -2.46. The highest BCUT2D eigenvalue weighted by Crippen LogP contribution is 2.28. The predicted molar refractivity (Wildman–Crippen MR) is 102 cm³/mol. The van der Waals surface area contributed by atoms with Crippen molar-refractivity contribution >= 4 is 29.0 Å². The Kier molecular flexibility index (Phi) is 6.36. The molecule has 1 amide bonds. The molecular formula is C18H29N3OS. The van der Waals surface area contributed by atoms with Crippen molar-refractivity contribution in [1.82, 2.24) is 4.90 Å². The second-order valence-corrected chi connectivity index (χ2v) is 8.69. The number of amides is 1. The highest BCUT2D eigenvalue weighted by atomic mass is 32.2. The Morgan fingerprint density at radius 2 is 1.83 bits per heavy atom. The fourth-order valence-electron chi connectivity index (χ4n) is 2.63. The Bertz CT molecular complexity index is 519. The van der Waals surface area contributed by atoms with Crippen molar-refractivity contribution in [2.24, 2.45) is 0 Å². The number of thioether (sulfide) groups is 1. The molecule has 2 rings (SSSR count). The van der Waals surface area contributed by atoms with Crippen LogP contribution in [0, 0.1) is 0 Å². The van der Waals surface area contributed by atoms with Crippen LogP contribution in [0.2, 0.25) is 0 Å². The summed E-state index contributed by atoms with van der Waals surface area (Å²) in [6.45, 7) is 13.9.